The molecule has 4 rings (SSSR count). The third kappa shape index (κ3) is 5.33. The molecule has 2 atom stereocenters. The number of carbonyl (C=O) groups excluding carboxylic acids is 2. The van der Waals surface area contributed by atoms with Crippen molar-refractivity contribution < 1.29 is 22.7 Å². The number of hydrogen-bond donors (Lipinski definition) is 1. The van der Waals surface area contributed by atoms with Crippen LogP contribution in [0.5, 0.6) is 0 Å². The van der Waals surface area contributed by atoms with Crippen LogP contribution in [0.1, 0.15) is 56.0 Å². The third-order valence-corrected chi connectivity index (χ3v) is 8.60. The molecule has 7 nitrogen and oxygen atoms in total. The van der Waals surface area contributed by atoms with E-state index < -0.39 is 28.5 Å². The fourth-order valence-corrected chi connectivity index (χ4v) is 7.49. The van der Waals surface area contributed by atoms with E-state index in [0.29, 0.717) is 13.1 Å². The molecule has 0 aromatic heterocycles. The highest BCUT2D eigenvalue weighted by Crippen LogP contribution is 2.53. The quantitative estimate of drug-likeness (QED) is 0.604. The number of ether oxygens (including phenoxy) is 1. The van der Waals surface area contributed by atoms with E-state index >= 15 is 0 Å². The molecule has 1 saturated carbocycles. The molecule has 182 valence electrons. The summed E-state index contributed by atoms with van der Waals surface area (Å²) >= 11 is 0. The van der Waals surface area contributed by atoms with Crippen molar-refractivity contribution in [3.05, 3.63) is 65.7 Å². The number of esters is 1. The molecule has 1 aliphatic carbocycles. The Balaban J connectivity index is 1.40. The van der Waals surface area contributed by atoms with Crippen molar-refractivity contribution in [3.8, 4) is 0 Å². The summed E-state index contributed by atoms with van der Waals surface area (Å²) in [5.74, 6) is -1.17. The average Bonchev–Trinajstić information content (AvgIpc) is 3.06. The highest BCUT2D eigenvalue weighted by molar-refractivity contribution is 7.89. The molecule has 2 fully saturated rings. The Morgan fingerprint density at radius 3 is 2.53 bits per heavy atom. The standard InChI is InChI=1S/C26H32N2O5S/c1-25(2)13-21-14-26(3,17-25)18-28(21)34(31,32)22-11-7-10-20(12-22)24(30)33-16-23(29)27-15-19-8-5-4-6-9-19/h4-12,21H,13-18H2,1-3H3,(H,27,29)/t21-,26+/m0/s1. The summed E-state index contributed by atoms with van der Waals surface area (Å²) in [6.07, 6.45) is 2.67. The van der Waals surface area contributed by atoms with Crippen LogP contribution >= 0.6 is 0 Å². The van der Waals surface area contributed by atoms with Gasteiger partial charge in [0, 0.05) is 19.1 Å². The van der Waals surface area contributed by atoms with Crippen molar-refractivity contribution in [2.75, 3.05) is 13.2 Å². The van der Waals surface area contributed by atoms with Crippen molar-refractivity contribution in [1.82, 2.24) is 9.62 Å². The summed E-state index contributed by atoms with van der Waals surface area (Å²) in [5.41, 5.74) is 1.09. The van der Waals surface area contributed by atoms with Gasteiger partial charge in [-0.3, -0.25) is 4.79 Å². The fraction of sp³-hybridized carbons (Fsp3) is 0.462. The van der Waals surface area contributed by atoms with Crippen molar-refractivity contribution in [2.24, 2.45) is 10.8 Å². The van der Waals surface area contributed by atoms with E-state index in [-0.39, 0.29) is 27.3 Å². The van der Waals surface area contributed by atoms with Gasteiger partial charge in [-0.05, 0) is 53.9 Å². The van der Waals surface area contributed by atoms with Crippen LogP contribution in [0.3, 0.4) is 0 Å². The van der Waals surface area contributed by atoms with Gasteiger partial charge in [0.1, 0.15) is 0 Å². The molecule has 1 saturated heterocycles. The third-order valence-electron chi connectivity index (χ3n) is 6.71. The Bertz CT molecular complexity index is 1180. The van der Waals surface area contributed by atoms with Crippen molar-refractivity contribution in [2.45, 2.75) is 57.5 Å². The Morgan fingerprint density at radius 2 is 1.79 bits per heavy atom. The number of amides is 1. The zero-order valence-corrected chi connectivity index (χ0v) is 20.7. The summed E-state index contributed by atoms with van der Waals surface area (Å²) in [4.78, 5) is 24.7. The topological polar surface area (TPSA) is 92.8 Å². The van der Waals surface area contributed by atoms with E-state index in [2.05, 4.69) is 26.1 Å². The molecular weight excluding hydrogens is 452 g/mol. The van der Waals surface area contributed by atoms with Gasteiger partial charge >= 0.3 is 5.97 Å². The molecule has 2 bridgehead atoms. The molecule has 0 unspecified atom stereocenters. The monoisotopic (exact) mass is 484 g/mol. The second-order valence-corrected chi connectivity index (χ2v) is 12.5. The smallest absolute Gasteiger partial charge is 0.338 e. The van der Waals surface area contributed by atoms with Crippen LogP contribution in [0.2, 0.25) is 0 Å². The van der Waals surface area contributed by atoms with Gasteiger partial charge < -0.3 is 10.1 Å². The summed E-state index contributed by atoms with van der Waals surface area (Å²) in [7, 11) is -3.76. The maximum atomic E-state index is 13.5. The molecule has 2 aromatic carbocycles. The van der Waals surface area contributed by atoms with Gasteiger partial charge in [-0.25, -0.2) is 13.2 Å². The number of sulfonamides is 1. The lowest BCUT2D eigenvalue weighted by Gasteiger charge is -2.39. The van der Waals surface area contributed by atoms with Crippen molar-refractivity contribution in [1.29, 1.82) is 0 Å². The first-order valence-electron chi connectivity index (χ1n) is 11.6. The molecule has 0 radical (unpaired) electrons. The van der Waals surface area contributed by atoms with Gasteiger partial charge in [0.05, 0.1) is 10.5 Å². The minimum Gasteiger partial charge on any atom is -0.452 e. The molecule has 8 heteroatoms. The number of nitrogens with zero attached hydrogens (tertiary/aromatic N) is 1. The van der Waals surface area contributed by atoms with Crippen LogP contribution in [0, 0.1) is 10.8 Å². The van der Waals surface area contributed by atoms with Crippen LogP contribution in [-0.4, -0.2) is 43.8 Å². The Hall–Kier alpha value is -2.71. The van der Waals surface area contributed by atoms with Crippen LogP contribution < -0.4 is 5.32 Å². The van der Waals surface area contributed by atoms with Crippen LogP contribution in [0.25, 0.3) is 0 Å². The van der Waals surface area contributed by atoms with Gasteiger partial charge in [0.25, 0.3) is 5.91 Å². The maximum Gasteiger partial charge on any atom is 0.338 e. The SMILES string of the molecule is CC1(C)C[C@H]2C[C@@](C)(CN2S(=O)(=O)c2cccc(C(=O)OCC(=O)NCc3ccccc3)c2)C1. The van der Waals surface area contributed by atoms with Gasteiger partial charge in [-0.1, -0.05) is 57.2 Å². The zero-order valence-electron chi connectivity index (χ0n) is 19.9. The molecule has 1 aliphatic heterocycles. The highest BCUT2D eigenvalue weighted by atomic mass is 32.2. The Labute approximate surface area is 201 Å². The molecule has 1 amide bonds. The molecule has 0 spiro atoms. The predicted molar refractivity (Wildman–Crippen MR) is 128 cm³/mol. The second-order valence-electron chi connectivity index (χ2n) is 10.6. The predicted octanol–water partition coefficient (Wildman–Crippen LogP) is 3.75. The number of rotatable bonds is 7. The van der Waals surface area contributed by atoms with Crippen molar-refractivity contribution >= 4 is 21.9 Å². The van der Waals surface area contributed by atoms with E-state index in [1.54, 1.807) is 4.31 Å². The van der Waals surface area contributed by atoms with E-state index in [4.69, 9.17) is 4.74 Å². The molecule has 2 aromatic rings. The summed E-state index contributed by atoms with van der Waals surface area (Å²) in [6, 6.07) is 15.2. The lowest BCUT2D eigenvalue weighted by atomic mass is 9.65. The zero-order chi connectivity index (χ0) is 24.6. The lowest BCUT2D eigenvalue weighted by Crippen LogP contribution is -2.37. The van der Waals surface area contributed by atoms with E-state index in [1.165, 1.54) is 24.3 Å². The average molecular weight is 485 g/mol. The number of carbonyl (C=O) groups is 2. The minimum atomic E-state index is -3.76. The normalized spacial score (nSPS) is 23.9. The number of hydrogen-bond acceptors (Lipinski definition) is 5. The molecule has 1 N–H and O–H groups in total. The van der Waals surface area contributed by atoms with E-state index in [0.717, 1.165) is 24.8 Å². The fourth-order valence-electron chi connectivity index (χ4n) is 5.67. The number of fused-ring (bicyclic) bond motifs is 2. The van der Waals surface area contributed by atoms with Gasteiger partial charge in [-0.15, -0.1) is 0 Å². The molecular formula is C26H32N2O5S. The van der Waals surface area contributed by atoms with E-state index in [9.17, 15) is 18.0 Å². The van der Waals surface area contributed by atoms with Gasteiger partial charge in [0.15, 0.2) is 6.61 Å². The Morgan fingerprint density at radius 1 is 1.06 bits per heavy atom. The number of benzene rings is 2. The second kappa shape index (κ2) is 9.15. The molecule has 34 heavy (non-hydrogen) atoms. The minimum absolute atomic E-state index is 0.0386. The van der Waals surface area contributed by atoms with Crippen LogP contribution in [0.15, 0.2) is 59.5 Å². The van der Waals surface area contributed by atoms with Gasteiger partial charge in [0.2, 0.25) is 10.0 Å². The van der Waals surface area contributed by atoms with E-state index in [1.807, 2.05) is 30.3 Å². The largest absolute Gasteiger partial charge is 0.452 e. The summed E-state index contributed by atoms with van der Waals surface area (Å²) < 4.78 is 33.7. The highest BCUT2D eigenvalue weighted by Gasteiger charge is 2.53. The molecule has 1 heterocycles. The summed E-state index contributed by atoms with van der Waals surface area (Å²) in [6.45, 7) is 6.93. The first-order valence-corrected chi connectivity index (χ1v) is 13.0. The van der Waals surface area contributed by atoms with Gasteiger partial charge in [-0.2, -0.15) is 4.31 Å². The number of nitrogens with one attached hydrogen (secondary N) is 1. The van der Waals surface area contributed by atoms with Crippen LogP contribution in [0.4, 0.5) is 0 Å². The summed E-state index contributed by atoms with van der Waals surface area (Å²) in [5, 5.41) is 2.69. The molecule has 2 aliphatic rings. The van der Waals surface area contributed by atoms with Crippen molar-refractivity contribution in [3.63, 3.8) is 0 Å². The van der Waals surface area contributed by atoms with Crippen LogP contribution in [-0.2, 0) is 26.1 Å². The first kappa shape index (κ1) is 24.4. The lowest BCUT2D eigenvalue weighted by molar-refractivity contribution is -0.124. The maximum absolute atomic E-state index is 13.5. The first-order chi connectivity index (χ1) is 16.0. The Kier molecular flexibility index (Phi) is 6.57.